The normalized spacial score (nSPS) is 26.9. The fourth-order valence-electron chi connectivity index (χ4n) is 4.47. The van der Waals surface area contributed by atoms with Crippen LogP contribution in [0.1, 0.15) is 42.7 Å². The van der Waals surface area contributed by atoms with Crippen molar-refractivity contribution in [1.29, 1.82) is 0 Å². The van der Waals surface area contributed by atoms with E-state index in [0.29, 0.717) is 6.54 Å². The van der Waals surface area contributed by atoms with E-state index in [4.69, 9.17) is 0 Å². The molecule has 4 rings (SSSR count). The Morgan fingerprint density at radius 1 is 1.12 bits per heavy atom. The van der Waals surface area contributed by atoms with Gasteiger partial charge in [-0.25, -0.2) is 4.79 Å². The molecule has 1 aliphatic carbocycles. The van der Waals surface area contributed by atoms with Crippen LogP contribution < -0.4 is 5.32 Å². The van der Waals surface area contributed by atoms with Gasteiger partial charge in [0.15, 0.2) is 0 Å². The Labute approximate surface area is 143 Å². The molecule has 5 heteroatoms. The number of rotatable bonds is 2. The molecular formula is C19H25N3O2. The van der Waals surface area contributed by atoms with E-state index in [-0.39, 0.29) is 23.9 Å². The number of benzene rings is 1. The number of nitrogens with zero attached hydrogens (tertiary/aromatic N) is 2. The molecule has 0 aromatic heterocycles. The maximum absolute atomic E-state index is 13.2. The highest BCUT2D eigenvalue weighted by Crippen LogP contribution is 2.33. The van der Waals surface area contributed by atoms with E-state index in [0.717, 1.165) is 51.7 Å². The average molecular weight is 327 g/mol. The molecule has 128 valence electrons. The lowest BCUT2D eigenvalue weighted by Crippen LogP contribution is -2.51. The van der Waals surface area contributed by atoms with Crippen molar-refractivity contribution in [3.8, 4) is 0 Å². The number of fused-ring (bicyclic) bond motifs is 1. The van der Waals surface area contributed by atoms with Crippen molar-refractivity contribution >= 4 is 11.9 Å². The van der Waals surface area contributed by atoms with Crippen LogP contribution in [-0.4, -0.2) is 54.0 Å². The summed E-state index contributed by atoms with van der Waals surface area (Å²) in [6, 6.07) is 8.57. The van der Waals surface area contributed by atoms with Gasteiger partial charge >= 0.3 is 6.03 Å². The van der Waals surface area contributed by atoms with Gasteiger partial charge in [0.2, 0.25) is 5.91 Å². The third-order valence-electron chi connectivity index (χ3n) is 5.71. The summed E-state index contributed by atoms with van der Waals surface area (Å²) in [6.45, 7) is 2.99. The van der Waals surface area contributed by atoms with E-state index < -0.39 is 0 Å². The molecule has 0 unspecified atom stereocenters. The predicted molar refractivity (Wildman–Crippen MR) is 91.8 cm³/mol. The second kappa shape index (κ2) is 6.46. The van der Waals surface area contributed by atoms with Crippen molar-refractivity contribution in [3.63, 3.8) is 0 Å². The number of carbonyl (C=O) groups is 2. The van der Waals surface area contributed by atoms with Crippen molar-refractivity contribution in [2.75, 3.05) is 26.2 Å². The molecule has 1 aromatic rings. The second-order valence-corrected chi connectivity index (χ2v) is 7.15. The molecule has 0 radical (unpaired) electrons. The number of hydrogen-bond acceptors (Lipinski definition) is 2. The lowest BCUT2D eigenvalue weighted by atomic mass is 9.81. The zero-order chi connectivity index (χ0) is 16.5. The van der Waals surface area contributed by atoms with Crippen LogP contribution in [0.4, 0.5) is 4.79 Å². The Morgan fingerprint density at radius 3 is 2.83 bits per heavy atom. The van der Waals surface area contributed by atoms with Crippen LogP contribution in [0.5, 0.6) is 0 Å². The van der Waals surface area contributed by atoms with Gasteiger partial charge in [0, 0.05) is 26.2 Å². The van der Waals surface area contributed by atoms with Crippen molar-refractivity contribution in [1.82, 2.24) is 15.1 Å². The molecule has 2 aliphatic heterocycles. The average Bonchev–Trinajstić information content (AvgIpc) is 3.07. The van der Waals surface area contributed by atoms with E-state index in [9.17, 15) is 9.59 Å². The van der Waals surface area contributed by atoms with Crippen LogP contribution >= 0.6 is 0 Å². The molecule has 3 aliphatic rings. The van der Waals surface area contributed by atoms with Gasteiger partial charge in [-0.05, 0) is 43.2 Å². The number of hydrogen-bond donors (Lipinski definition) is 1. The third kappa shape index (κ3) is 2.76. The smallest absolute Gasteiger partial charge is 0.317 e. The van der Waals surface area contributed by atoms with Gasteiger partial charge in [-0.3, -0.25) is 4.79 Å². The number of likely N-dealkylation sites (tertiary alicyclic amines) is 1. The largest absolute Gasteiger partial charge is 0.340 e. The predicted octanol–water partition coefficient (Wildman–Crippen LogP) is 2.12. The van der Waals surface area contributed by atoms with E-state index in [1.54, 1.807) is 0 Å². The summed E-state index contributed by atoms with van der Waals surface area (Å²) < 4.78 is 0. The Morgan fingerprint density at radius 2 is 2.00 bits per heavy atom. The first kappa shape index (κ1) is 15.5. The minimum Gasteiger partial charge on any atom is -0.340 e. The molecule has 2 heterocycles. The SMILES string of the molecule is O=C([C@H]1CCCc2ccccc21)N1CCC[C@@H](N2CCNC2=O)C1. The van der Waals surface area contributed by atoms with Gasteiger partial charge in [0.1, 0.15) is 0 Å². The number of carbonyl (C=O) groups excluding carboxylic acids is 2. The summed E-state index contributed by atoms with van der Waals surface area (Å²) in [5, 5.41) is 2.87. The molecule has 5 nitrogen and oxygen atoms in total. The van der Waals surface area contributed by atoms with Crippen LogP contribution in [0.3, 0.4) is 0 Å². The Kier molecular flexibility index (Phi) is 4.17. The van der Waals surface area contributed by atoms with Gasteiger partial charge in [-0.2, -0.15) is 0 Å². The second-order valence-electron chi connectivity index (χ2n) is 7.15. The van der Waals surface area contributed by atoms with Gasteiger partial charge in [0.25, 0.3) is 0 Å². The number of amides is 3. The first-order valence-corrected chi connectivity index (χ1v) is 9.15. The maximum atomic E-state index is 13.2. The van der Waals surface area contributed by atoms with E-state index >= 15 is 0 Å². The third-order valence-corrected chi connectivity index (χ3v) is 5.71. The molecule has 1 N–H and O–H groups in total. The summed E-state index contributed by atoms with van der Waals surface area (Å²) in [6.07, 6.45) is 5.09. The van der Waals surface area contributed by atoms with Crippen molar-refractivity contribution in [2.45, 2.75) is 44.1 Å². The summed E-state index contributed by atoms with van der Waals surface area (Å²) >= 11 is 0. The minimum atomic E-state index is 0.00102. The first-order chi connectivity index (χ1) is 11.7. The van der Waals surface area contributed by atoms with Gasteiger partial charge in [-0.15, -0.1) is 0 Å². The molecule has 24 heavy (non-hydrogen) atoms. The molecule has 1 aromatic carbocycles. The molecule has 0 saturated carbocycles. The lowest BCUT2D eigenvalue weighted by Gasteiger charge is -2.39. The summed E-state index contributed by atoms with van der Waals surface area (Å²) in [4.78, 5) is 29.0. The highest BCUT2D eigenvalue weighted by atomic mass is 16.2. The van der Waals surface area contributed by atoms with Gasteiger partial charge < -0.3 is 15.1 Å². The molecule has 3 amide bonds. The van der Waals surface area contributed by atoms with Crippen LogP contribution in [-0.2, 0) is 11.2 Å². The highest BCUT2D eigenvalue weighted by Gasteiger charge is 2.36. The Bertz CT molecular complexity index is 645. The molecule has 0 bridgehead atoms. The van der Waals surface area contributed by atoms with Crippen molar-refractivity contribution in [2.24, 2.45) is 0 Å². The number of nitrogens with one attached hydrogen (secondary N) is 1. The van der Waals surface area contributed by atoms with Crippen LogP contribution in [0.15, 0.2) is 24.3 Å². The van der Waals surface area contributed by atoms with Crippen LogP contribution in [0, 0.1) is 0 Å². The van der Waals surface area contributed by atoms with Crippen LogP contribution in [0.2, 0.25) is 0 Å². The van der Waals surface area contributed by atoms with E-state index in [2.05, 4.69) is 23.5 Å². The standard InChI is InChI=1S/C19H25N3O2/c23-18(17-9-3-6-14-5-1-2-8-16(14)17)21-11-4-7-15(13-21)22-12-10-20-19(22)24/h1-2,5,8,15,17H,3-4,6-7,9-13H2,(H,20,24)/t15-,17+/m1/s1. The maximum Gasteiger partial charge on any atom is 0.317 e. The first-order valence-electron chi connectivity index (χ1n) is 9.15. The minimum absolute atomic E-state index is 0.00102. The molecule has 2 fully saturated rings. The molecule has 2 saturated heterocycles. The Balaban J connectivity index is 1.49. The number of piperidine rings is 1. The zero-order valence-electron chi connectivity index (χ0n) is 14.0. The molecule has 2 atom stereocenters. The topological polar surface area (TPSA) is 52.7 Å². The Hall–Kier alpha value is -2.04. The summed E-state index contributed by atoms with van der Waals surface area (Å²) in [5.74, 6) is 0.257. The van der Waals surface area contributed by atoms with E-state index in [1.807, 2.05) is 15.9 Å². The highest BCUT2D eigenvalue weighted by molar-refractivity contribution is 5.85. The monoisotopic (exact) mass is 327 g/mol. The summed E-state index contributed by atoms with van der Waals surface area (Å²) in [7, 11) is 0. The van der Waals surface area contributed by atoms with Gasteiger partial charge in [-0.1, -0.05) is 24.3 Å². The van der Waals surface area contributed by atoms with Crippen LogP contribution in [0.25, 0.3) is 0 Å². The number of urea groups is 1. The van der Waals surface area contributed by atoms with Crippen molar-refractivity contribution in [3.05, 3.63) is 35.4 Å². The van der Waals surface area contributed by atoms with Gasteiger partial charge in [0.05, 0.1) is 12.0 Å². The number of aryl methyl sites for hydroxylation is 1. The van der Waals surface area contributed by atoms with E-state index in [1.165, 1.54) is 11.1 Å². The quantitative estimate of drug-likeness (QED) is 0.905. The summed E-state index contributed by atoms with van der Waals surface area (Å²) in [5.41, 5.74) is 2.55. The fourth-order valence-corrected chi connectivity index (χ4v) is 4.47. The zero-order valence-corrected chi connectivity index (χ0v) is 14.0. The van der Waals surface area contributed by atoms with Crippen molar-refractivity contribution < 1.29 is 9.59 Å². The molecule has 0 spiro atoms. The molecular weight excluding hydrogens is 302 g/mol. The lowest BCUT2D eigenvalue weighted by molar-refractivity contribution is -0.135. The fraction of sp³-hybridized carbons (Fsp3) is 0.579.